The smallest absolute Gasteiger partial charge is 0.0169 e. The highest BCUT2D eigenvalue weighted by atomic mass is 13.9. The fraction of sp³-hybridized carbons (Fsp3) is 0.500. The Morgan fingerprint density at radius 1 is 1.00 bits per heavy atom. The summed E-state index contributed by atoms with van der Waals surface area (Å²) in [6.45, 7) is 5.75. The standard InChI is InChI=1S/C12H20/c1-3-5-7-9-11-12-10-8-6-4-2/h3-4,6,10,12H,1,5,7-9,11H2,2H3. The SMILES string of the molecule is C=CCCCCC=CCC=CC. The van der Waals surface area contributed by atoms with Crippen LogP contribution in [-0.2, 0) is 0 Å². The third kappa shape index (κ3) is 9.22. The van der Waals surface area contributed by atoms with E-state index in [1.54, 1.807) is 0 Å². The van der Waals surface area contributed by atoms with Crippen LogP contribution >= 0.6 is 0 Å². The Kier molecular flexibility index (Phi) is 9.56. The molecule has 68 valence electrons. The maximum Gasteiger partial charge on any atom is -0.0169 e. The summed E-state index contributed by atoms with van der Waals surface area (Å²) < 4.78 is 0. The van der Waals surface area contributed by atoms with Crippen molar-refractivity contribution >= 4 is 0 Å². The van der Waals surface area contributed by atoms with E-state index in [1.807, 2.05) is 6.08 Å². The summed E-state index contributed by atoms with van der Waals surface area (Å²) in [4.78, 5) is 0. The number of rotatable bonds is 7. The molecule has 0 unspecified atom stereocenters. The van der Waals surface area contributed by atoms with Crippen molar-refractivity contribution in [3.63, 3.8) is 0 Å². The van der Waals surface area contributed by atoms with E-state index < -0.39 is 0 Å². The van der Waals surface area contributed by atoms with Crippen molar-refractivity contribution in [3.8, 4) is 0 Å². The molecule has 0 aliphatic carbocycles. The maximum atomic E-state index is 3.69. The Bertz CT molecular complexity index is 140. The summed E-state index contributed by atoms with van der Waals surface area (Å²) in [6.07, 6.45) is 16.8. The predicted octanol–water partition coefficient (Wildman–Crippen LogP) is 4.26. The number of unbranched alkanes of at least 4 members (excludes halogenated alkanes) is 3. The average Bonchev–Trinajstić information content (AvgIpc) is 2.10. The zero-order chi connectivity index (χ0) is 9.07. The van der Waals surface area contributed by atoms with Gasteiger partial charge in [0.05, 0.1) is 0 Å². The molecule has 0 atom stereocenters. The van der Waals surface area contributed by atoms with Crippen molar-refractivity contribution in [2.45, 2.75) is 39.0 Å². The second kappa shape index (κ2) is 10.2. The first-order valence-electron chi connectivity index (χ1n) is 4.79. The molecule has 0 N–H and O–H groups in total. The molecule has 0 aliphatic rings. The van der Waals surface area contributed by atoms with Gasteiger partial charge in [-0.15, -0.1) is 6.58 Å². The zero-order valence-corrected chi connectivity index (χ0v) is 8.13. The average molecular weight is 164 g/mol. The van der Waals surface area contributed by atoms with Crippen LogP contribution < -0.4 is 0 Å². The molecule has 0 aromatic carbocycles. The van der Waals surface area contributed by atoms with E-state index in [-0.39, 0.29) is 0 Å². The van der Waals surface area contributed by atoms with Crippen LogP contribution in [0.1, 0.15) is 39.0 Å². The number of allylic oxidation sites excluding steroid dienone is 5. The summed E-state index contributed by atoms with van der Waals surface area (Å²) in [6, 6.07) is 0. The van der Waals surface area contributed by atoms with Gasteiger partial charge < -0.3 is 0 Å². The molecule has 0 amide bonds. The molecule has 0 saturated heterocycles. The molecule has 0 aromatic heterocycles. The van der Waals surface area contributed by atoms with Crippen molar-refractivity contribution in [1.82, 2.24) is 0 Å². The normalized spacial score (nSPS) is 11.4. The lowest BCUT2D eigenvalue weighted by molar-refractivity contribution is 0.762. The topological polar surface area (TPSA) is 0 Å². The lowest BCUT2D eigenvalue weighted by Crippen LogP contribution is -1.71. The maximum absolute atomic E-state index is 3.69. The molecule has 0 aliphatic heterocycles. The second-order valence-corrected chi connectivity index (χ2v) is 2.85. The molecular weight excluding hydrogens is 144 g/mol. The largest absolute Gasteiger partial charge is 0.103 e. The molecule has 0 heteroatoms. The zero-order valence-electron chi connectivity index (χ0n) is 8.13. The van der Waals surface area contributed by atoms with Gasteiger partial charge in [0.2, 0.25) is 0 Å². The minimum Gasteiger partial charge on any atom is -0.103 e. The predicted molar refractivity (Wildman–Crippen MR) is 57.2 cm³/mol. The molecule has 0 heterocycles. The first kappa shape index (κ1) is 11.2. The minimum atomic E-state index is 1.08. The van der Waals surface area contributed by atoms with E-state index in [2.05, 4.69) is 37.8 Å². The monoisotopic (exact) mass is 164 g/mol. The lowest BCUT2D eigenvalue weighted by Gasteiger charge is -1.91. The first-order chi connectivity index (χ1) is 5.91. The van der Waals surface area contributed by atoms with E-state index in [4.69, 9.17) is 0 Å². The van der Waals surface area contributed by atoms with Gasteiger partial charge in [-0.1, -0.05) is 30.4 Å². The van der Waals surface area contributed by atoms with Crippen LogP contribution in [0.5, 0.6) is 0 Å². The summed E-state index contributed by atoms with van der Waals surface area (Å²) in [5, 5.41) is 0. The van der Waals surface area contributed by atoms with Crippen molar-refractivity contribution in [2.24, 2.45) is 0 Å². The van der Waals surface area contributed by atoms with Crippen LogP contribution in [0.3, 0.4) is 0 Å². The quantitative estimate of drug-likeness (QED) is 0.389. The van der Waals surface area contributed by atoms with Crippen molar-refractivity contribution in [3.05, 3.63) is 37.0 Å². The van der Waals surface area contributed by atoms with E-state index in [0.717, 1.165) is 12.8 Å². The highest BCUT2D eigenvalue weighted by Crippen LogP contribution is 2.01. The fourth-order valence-electron chi connectivity index (χ4n) is 0.980. The molecule has 0 saturated carbocycles. The van der Waals surface area contributed by atoms with E-state index in [0.29, 0.717) is 0 Å². The summed E-state index contributed by atoms with van der Waals surface area (Å²) in [5.41, 5.74) is 0. The minimum absolute atomic E-state index is 1.08. The van der Waals surface area contributed by atoms with Crippen LogP contribution in [0.2, 0.25) is 0 Å². The third-order valence-corrected chi connectivity index (χ3v) is 1.70. The third-order valence-electron chi connectivity index (χ3n) is 1.70. The van der Waals surface area contributed by atoms with Crippen LogP contribution in [0.4, 0.5) is 0 Å². The first-order valence-corrected chi connectivity index (χ1v) is 4.79. The molecule has 0 bridgehead atoms. The van der Waals surface area contributed by atoms with Gasteiger partial charge in [-0.25, -0.2) is 0 Å². The van der Waals surface area contributed by atoms with Crippen molar-refractivity contribution in [2.75, 3.05) is 0 Å². The van der Waals surface area contributed by atoms with E-state index in [9.17, 15) is 0 Å². The number of hydrogen-bond donors (Lipinski definition) is 0. The van der Waals surface area contributed by atoms with Gasteiger partial charge >= 0.3 is 0 Å². The molecule has 0 nitrogen and oxygen atoms in total. The molecular formula is C12H20. The van der Waals surface area contributed by atoms with Crippen LogP contribution in [-0.4, -0.2) is 0 Å². The van der Waals surface area contributed by atoms with E-state index >= 15 is 0 Å². The molecule has 0 rings (SSSR count). The Labute approximate surface area is 76.7 Å². The van der Waals surface area contributed by atoms with Crippen molar-refractivity contribution < 1.29 is 0 Å². The van der Waals surface area contributed by atoms with Crippen LogP contribution in [0, 0.1) is 0 Å². The molecule has 12 heavy (non-hydrogen) atoms. The summed E-state index contributed by atoms with van der Waals surface area (Å²) in [7, 11) is 0. The van der Waals surface area contributed by atoms with Gasteiger partial charge in [-0.2, -0.15) is 0 Å². The Morgan fingerprint density at radius 2 is 1.75 bits per heavy atom. The van der Waals surface area contributed by atoms with Gasteiger partial charge in [0.25, 0.3) is 0 Å². The Balaban J connectivity index is 3.07. The fourth-order valence-corrected chi connectivity index (χ4v) is 0.980. The summed E-state index contributed by atoms with van der Waals surface area (Å²) >= 11 is 0. The highest BCUT2D eigenvalue weighted by Gasteiger charge is 1.81. The molecule has 0 radical (unpaired) electrons. The van der Waals surface area contributed by atoms with Gasteiger partial charge in [-0.05, 0) is 39.0 Å². The van der Waals surface area contributed by atoms with Gasteiger partial charge in [0.1, 0.15) is 0 Å². The van der Waals surface area contributed by atoms with Crippen LogP contribution in [0.15, 0.2) is 37.0 Å². The van der Waals surface area contributed by atoms with Gasteiger partial charge in [0, 0.05) is 0 Å². The lowest BCUT2D eigenvalue weighted by atomic mass is 10.2. The van der Waals surface area contributed by atoms with Gasteiger partial charge in [0.15, 0.2) is 0 Å². The Morgan fingerprint density at radius 3 is 2.42 bits per heavy atom. The highest BCUT2D eigenvalue weighted by molar-refractivity contribution is 4.91. The molecule has 0 fully saturated rings. The molecule has 0 spiro atoms. The molecule has 0 aromatic rings. The Hall–Kier alpha value is -0.780. The summed E-state index contributed by atoms with van der Waals surface area (Å²) in [5.74, 6) is 0. The second-order valence-electron chi connectivity index (χ2n) is 2.85. The van der Waals surface area contributed by atoms with Crippen LogP contribution in [0.25, 0.3) is 0 Å². The van der Waals surface area contributed by atoms with Crippen molar-refractivity contribution in [1.29, 1.82) is 0 Å². The van der Waals surface area contributed by atoms with E-state index in [1.165, 1.54) is 19.3 Å². The van der Waals surface area contributed by atoms with Gasteiger partial charge in [-0.3, -0.25) is 0 Å². The number of hydrogen-bond acceptors (Lipinski definition) is 0.